The molecule has 19 heavy (non-hydrogen) atoms. The van der Waals surface area contributed by atoms with Gasteiger partial charge in [0, 0.05) is 6.04 Å². The first-order valence-electron chi connectivity index (χ1n) is 8.26. The lowest BCUT2D eigenvalue weighted by atomic mass is 9.95. The van der Waals surface area contributed by atoms with Crippen molar-refractivity contribution in [1.29, 1.82) is 0 Å². The van der Waals surface area contributed by atoms with Crippen LogP contribution in [0, 0.1) is 5.92 Å². The molecule has 1 saturated carbocycles. The predicted octanol–water partition coefficient (Wildman–Crippen LogP) is 3.24. The number of carbonyl (C=O) groups excluding carboxylic acids is 1. The zero-order valence-corrected chi connectivity index (χ0v) is 12.8. The normalized spacial score (nSPS) is 18.2. The van der Waals surface area contributed by atoms with E-state index in [1.54, 1.807) is 0 Å². The van der Waals surface area contributed by atoms with E-state index in [4.69, 9.17) is 0 Å². The summed E-state index contributed by atoms with van der Waals surface area (Å²) in [5.74, 6) is 0.902. The number of nitrogens with one attached hydrogen (secondary N) is 2. The van der Waals surface area contributed by atoms with Crippen LogP contribution in [-0.2, 0) is 4.79 Å². The molecule has 1 fully saturated rings. The highest BCUT2D eigenvalue weighted by molar-refractivity contribution is 5.78. The second kappa shape index (κ2) is 10.2. The molecule has 0 aliphatic heterocycles. The Kier molecular flexibility index (Phi) is 8.89. The maximum absolute atomic E-state index is 11.8. The molecule has 0 spiro atoms. The molecule has 1 unspecified atom stereocenters. The fraction of sp³-hybridized carbons (Fsp3) is 0.938. The second-order valence-corrected chi connectivity index (χ2v) is 5.95. The van der Waals surface area contributed by atoms with Gasteiger partial charge in [0.1, 0.15) is 0 Å². The third-order valence-corrected chi connectivity index (χ3v) is 4.23. The van der Waals surface area contributed by atoms with Crippen molar-refractivity contribution in [2.45, 2.75) is 77.7 Å². The van der Waals surface area contributed by atoms with Crippen molar-refractivity contribution in [2.75, 3.05) is 13.1 Å². The molecule has 0 heterocycles. The van der Waals surface area contributed by atoms with Gasteiger partial charge in [0.2, 0.25) is 5.91 Å². The summed E-state index contributed by atoms with van der Waals surface area (Å²) in [6.07, 6.45) is 11.3. The molecule has 1 aliphatic carbocycles. The maximum atomic E-state index is 11.8. The van der Waals surface area contributed by atoms with Gasteiger partial charge in [-0.1, -0.05) is 52.4 Å². The highest BCUT2D eigenvalue weighted by Gasteiger charge is 2.15. The Balaban J connectivity index is 2.08. The van der Waals surface area contributed by atoms with Crippen molar-refractivity contribution in [1.82, 2.24) is 10.6 Å². The molecule has 0 aromatic rings. The van der Waals surface area contributed by atoms with Crippen LogP contribution in [0.3, 0.4) is 0 Å². The smallest absolute Gasteiger partial charge is 0.234 e. The Hall–Kier alpha value is -0.570. The van der Waals surface area contributed by atoms with E-state index in [1.165, 1.54) is 57.8 Å². The molecule has 0 bridgehead atoms. The van der Waals surface area contributed by atoms with Gasteiger partial charge in [0.05, 0.1) is 6.54 Å². The van der Waals surface area contributed by atoms with Crippen LogP contribution in [0.25, 0.3) is 0 Å². The van der Waals surface area contributed by atoms with E-state index in [-0.39, 0.29) is 5.91 Å². The van der Waals surface area contributed by atoms with Gasteiger partial charge in [-0.3, -0.25) is 4.79 Å². The number of amides is 1. The number of hydrogen-bond acceptors (Lipinski definition) is 2. The minimum Gasteiger partial charge on any atom is -0.352 e. The molecule has 1 aliphatic rings. The summed E-state index contributed by atoms with van der Waals surface area (Å²) in [6.45, 7) is 5.94. The lowest BCUT2D eigenvalue weighted by Gasteiger charge is -2.23. The van der Waals surface area contributed by atoms with E-state index < -0.39 is 0 Å². The summed E-state index contributed by atoms with van der Waals surface area (Å²) < 4.78 is 0. The number of hydrogen-bond donors (Lipinski definition) is 2. The average Bonchev–Trinajstić information content (AvgIpc) is 2.43. The van der Waals surface area contributed by atoms with Gasteiger partial charge >= 0.3 is 0 Å². The summed E-state index contributed by atoms with van der Waals surface area (Å²) in [5, 5.41) is 6.47. The van der Waals surface area contributed by atoms with Crippen LogP contribution in [0.4, 0.5) is 0 Å². The Morgan fingerprint density at radius 1 is 1.21 bits per heavy atom. The minimum absolute atomic E-state index is 0.178. The van der Waals surface area contributed by atoms with Gasteiger partial charge in [-0.15, -0.1) is 0 Å². The zero-order chi connectivity index (χ0) is 13.9. The molecule has 1 amide bonds. The first kappa shape index (κ1) is 16.5. The first-order chi connectivity index (χ1) is 9.26. The molecule has 3 heteroatoms. The van der Waals surface area contributed by atoms with Gasteiger partial charge in [-0.2, -0.15) is 0 Å². The van der Waals surface area contributed by atoms with Crippen LogP contribution >= 0.6 is 0 Å². The van der Waals surface area contributed by atoms with Crippen LogP contribution < -0.4 is 10.6 Å². The van der Waals surface area contributed by atoms with Gasteiger partial charge < -0.3 is 10.6 Å². The number of rotatable bonds is 9. The van der Waals surface area contributed by atoms with Crippen LogP contribution in [0.1, 0.15) is 71.6 Å². The van der Waals surface area contributed by atoms with Crippen molar-refractivity contribution in [3.8, 4) is 0 Å². The van der Waals surface area contributed by atoms with Crippen molar-refractivity contribution in [2.24, 2.45) is 5.92 Å². The molecular formula is C16H32N2O. The molecule has 3 nitrogen and oxygen atoms in total. The summed E-state index contributed by atoms with van der Waals surface area (Å²) in [5.41, 5.74) is 0. The molecule has 0 radical (unpaired) electrons. The molecular weight excluding hydrogens is 236 g/mol. The number of carbonyl (C=O) groups is 1. The summed E-state index contributed by atoms with van der Waals surface area (Å²) in [4.78, 5) is 11.8. The van der Waals surface area contributed by atoms with Gasteiger partial charge in [-0.05, 0) is 31.7 Å². The van der Waals surface area contributed by atoms with Gasteiger partial charge in [-0.25, -0.2) is 0 Å². The van der Waals surface area contributed by atoms with Crippen molar-refractivity contribution < 1.29 is 4.79 Å². The highest BCUT2D eigenvalue weighted by Crippen LogP contribution is 2.17. The fourth-order valence-corrected chi connectivity index (χ4v) is 2.86. The highest BCUT2D eigenvalue weighted by atomic mass is 16.1. The van der Waals surface area contributed by atoms with Crippen LogP contribution in [0.15, 0.2) is 0 Å². The molecule has 1 rings (SSSR count). The van der Waals surface area contributed by atoms with E-state index in [1.807, 2.05) is 0 Å². The van der Waals surface area contributed by atoms with E-state index >= 15 is 0 Å². The average molecular weight is 268 g/mol. The standard InChI is InChI=1S/C16H32N2O/c1-3-5-9-14(4-2)12-17-13-16(19)18-15-10-7-6-8-11-15/h14-15,17H,3-13H2,1-2H3,(H,18,19). The molecule has 1 atom stereocenters. The summed E-state index contributed by atoms with van der Waals surface area (Å²) >= 11 is 0. The zero-order valence-electron chi connectivity index (χ0n) is 12.8. The molecule has 2 N–H and O–H groups in total. The Labute approximate surface area is 118 Å². The third kappa shape index (κ3) is 7.56. The first-order valence-corrected chi connectivity index (χ1v) is 8.26. The molecule has 112 valence electrons. The minimum atomic E-state index is 0.178. The van der Waals surface area contributed by atoms with Crippen molar-refractivity contribution in [3.63, 3.8) is 0 Å². The van der Waals surface area contributed by atoms with Gasteiger partial charge in [0.25, 0.3) is 0 Å². The monoisotopic (exact) mass is 268 g/mol. The van der Waals surface area contributed by atoms with E-state index in [2.05, 4.69) is 24.5 Å². The predicted molar refractivity (Wildman–Crippen MR) is 81.2 cm³/mol. The SMILES string of the molecule is CCCCC(CC)CNCC(=O)NC1CCCCC1. The topological polar surface area (TPSA) is 41.1 Å². The molecule has 0 aromatic carbocycles. The summed E-state index contributed by atoms with van der Waals surface area (Å²) in [6, 6.07) is 0.435. The second-order valence-electron chi connectivity index (χ2n) is 5.95. The van der Waals surface area contributed by atoms with Gasteiger partial charge in [0.15, 0.2) is 0 Å². The largest absolute Gasteiger partial charge is 0.352 e. The Morgan fingerprint density at radius 2 is 1.95 bits per heavy atom. The lowest BCUT2D eigenvalue weighted by Crippen LogP contribution is -2.42. The van der Waals surface area contributed by atoms with E-state index in [9.17, 15) is 4.79 Å². The third-order valence-electron chi connectivity index (χ3n) is 4.23. The Morgan fingerprint density at radius 3 is 2.58 bits per heavy atom. The Bertz CT molecular complexity index is 237. The van der Waals surface area contributed by atoms with Crippen LogP contribution in [-0.4, -0.2) is 25.0 Å². The molecule has 0 saturated heterocycles. The lowest BCUT2D eigenvalue weighted by molar-refractivity contribution is -0.121. The van der Waals surface area contributed by atoms with Crippen molar-refractivity contribution >= 4 is 5.91 Å². The maximum Gasteiger partial charge on any atom is 0.234 e. The fourth-order valence-electron chi connectivity index (χ4n) is 2.86. The number of unbranched alkanes of at least 4 members (excludes halogenated alkanes) is 1. The molecule has 0 aromatic heterocycles. The van der Waals surface area contributed by atoms with Crippen molar-refractivity contribution in [3.05, 3.63) is 0 Å². The van der Waals surface area contributed by atoms with E-state index in [0.29, 0.717) is 12.6 Å². The summed E-state index contributed by atoms with van der Waals surface area (Å²) in [7, 11) is 0. The quantitative estimate of drug-likeness (QED) is 0.674. The van der Waals surface area contributed by atoms with Crippen LogP contribution in [0.2, 0.25) is 0 Å². The van der Waals surface area contributed by atoms with Crippen LogP contribution in [0.5, 0.6) is 0 Å². The van der Waals surface area contributed by atoms with E-state index in [0.717, 1.165) is 12.5 Å².